The zero-order chi connectivity index (χ0) is 13.0. The van der Waals surface area contributed by atoms with Gasteiger partial charge >= 0.3 is 0 Å². The average molecular weight is 243 g/mol. The molecule has 2 rings (SSSR count). The van der Waals surface area contributed by atoms with Crippen LogP contribution in [0.2, 0.25) is 0 Å². The van der Waals surface area contributed by atoms with Crippen molar-refractivity contribution in [2.24, 2.45) is 0 Å². The number of benzene rings is 1. The fourth-order valence-corrected chi connectivity index (χ4v) is 1.78. The lowest BCUT2D eigenvalue weighted by Gasteiger charge is -2.07. The zero-order valence-electron chi connectivity index (χ0n) is 10.9. The van der Waals surface area contributed by atoms with Crippen LogP contribution in [0.15, 0.2) is 30.3 Å². The van der Waals surface area contributed by atoms with Crippen LogP contribution in [0.5, 0.6) is 11.6 Å². The molecule has 0 aliphatic carbocycles. The van der Waals surface area contributed by atoms with Crippen LogP contribution in [0.1, 0.15) is 17.1 Å². The third kappa shape index (κ3) is 3.28. The molecule has 0 aliphatic rings. The largest absolute Gasteiger partial charge is 0.439 e. The van der Waals surface area contributed by atoms with Crippen molar-refractivity contribution in [2.75, 3.05) is 7.05 Å². The monoisotopic (exact) mass is 243 g/mol. The van der Waals surface area contributed by atoms with Gasteiger partial charge in [0.25, 0.3) is 0 Å². The fourth-order valence-electron chi connectivity index (χ4n) is 1.78. The van der Waals surface area contributed by atoms with Crippen molar-refractivity contribution in [3.8, 4) is 11.6 Å². The highest BCUT2D eigenvalue weighted by atomic mass is 16.5. The molecule has 1 heterocycles. The second-order valence-electron chi connectivity index (χ2n) is 4.17. The van der Waals surface area contributed by atoms with Gasteiger partial charge in [-0.2, -0.15) is 4.98 Å². The van der Waals surface area contributed by atoms with Crippen LogP contribution in [0.4, 0.5) is 0 Å². The lowest BCUT2D eigenvalue weighted by Crippen LogP contribution is -2.04. The summed E-state index contributed by atoms with van der Waals surface area (Å²) in [6.45, 7) is 4.61. The molecule has 4 nitrogen and oxygen atoms in total. The first-order valence-electron chi connectivity index (χ1n) is 5.91. The first-order chi connectivity index (χ1) is 8.67. The van der Waals surface area contributed by atoms with Crippen molar-refractivity contribution >= 4 is 0 Å². The number of aromatic nitrogens is 2. The molecule has 18 heavy (non-hydrogen) atoms. The molecule has 0 aliphatic heterocycles. The summed E-state index contributed by atoms with van der Waals surface area (Å²) < 4.78 is 5.75. The van der Waals surface area contributed by atoms with Crippen molar-refractivity contribution < 1.29 is 4.74 Å². The van der Waals surface area contributed by atoms with E-state index in [2.05, 4.69) is 21.4 Å². The first-order valence-corrected chi connectivity index (χ1v) is 5.91. The Balaban J connectivity index is 2.20. The van der Waals surface area contributed by atoms with E-state index in [4.69, 9.17) is 4.74 Å². The molecule has 0 atom stereocenters. The summed E-state index contributed by atoms with van der Waals surface area (Å²) in [6.07, 6.45) is 0. The molecule has 2 aromatic rings. The Morgan fingerprint density at radius 2 is 2.00 bits per heavy atom. The molecule has 0 amide bonds. The van der Waals surface area contributed by atoms with Crippen molar-refractivity contribution in [2.45, 2.75) is 20.4 Å². The van der Waals surface area contributed by atoms with Crippen LogP contribution in [-0.2, 0) is 6.54 Å². The molecule has 1 aromatic heterocycles. The third-order valence-corrected chi connectivity index (χ3v) is 2.44. The van der Waals surface area contributed by atoms with Gasteiger partial charge in [-0.25, -0.2) is 4.98 Å². The Bertz CT molecular complexity index is 520. The summed E-state index contributed by atoms with van der Waals surface area (Å²) >= 11 is 0. The van der Waals surface area contributed by atoms with Gasteiger partial charge in [0.15, 0.2) is 0 Å². The molecule has 0 fully saturated rings. The van der Waals surface area contributed by atoms with Crippen LogP contribution in [0.3, 0.4) is 0 Å². The van der Waals surface area contributed by atoms with Gasteiger partial charge in [-0.15, -0.1) is 0 Å². The van der Waals surface area contributed by atoms with Gasteiger partial charge in [0.05, 0.1) is 0 Å². The molecule has 0 unspecified atom stereocenters. The van der Waals surface area contributed by atoms with Crippen molar-refractivity contribution in [1.82, 2.24) is 15.3 Å². The minimum Gasteiger partial charge on any atom is -0.439 e. The van der Waals surface area contributed by atoms with E-state index in [0.29, 0.717) is 5.88 Å². The molecule has 0 saturated carbocycles. The summed E-state index contributed by atoms with van der Waals surface area (Å²) in [4.78, 5) is 8.48. The number of hydrogen-bond donors (Lipinski definition) is 1. The number of ether oxygens (including phenoxy) is 1. The van der Waals surface area contributed by atoms with E-state index >= 15 is 0 Å². The minimum atomic E-state index is 0.585. The first kappa shape index (κ1) is 12.5. The van der Waals surface area contributed by atoms with Crippen molar-refractivity contribution in [3.05, 3.63) is 47.4 Å². The highest BCUT2D eigenvalue weighted by Crippen LogP contribution is 2.21. The van der Waals surface area contributed by atoms with Crippen molar-refractivity contribution in [1.29, 1.82) is 0 Å². The molecule has 1 aromatic carbocycles. The highest BCUT2D eigenvalue weighted by molar-refractivity contribution is 5.31. The molecular weight excluding hydrogens is 226 g/mol. The summed E-state index contributed by atoms with van der Waals surface area (Å²) in [5.74, 6) is 2.10. The second kappa shape index (κ2) is 5.60. The van der Waals surface area contributed by atoms with Gasteiger partial charge in [0.2, 0.25) is 5.88 Å². The average Bonchev–Trinajstić information content (AvgIpc) is 2.28. The molecule has 0 spiro atoms. The van der Waals surface area contributed by atoms with Gasteiger partial charge < -0.3 is 10.1 Å². The number of hydrogen-bond acceptors (Lipinski definition) is 4. The predicted octanol–water partition coefficient (Wildman–Crippen LogP) is 2.61. The highest BCUT2D eigenvalue weighted by Gasteiger charge is 2.02. The maximum Gasteiger partial charge on any atom is 0.222 e. The van der Waals surface area contributed by atoms with Crippen LogP contribution in [-0.4, -0.2) is 17.0 Å². The number of nitrogens with zero attached hydrogens (tertiary/aromatic N) is 2. The lowest BCUT2D eigenvalue weighted by atomic mass is 10.2. The Labute approximate surface area is 107 Å². The topological polar surface area (TPSA) is 47.0 Å². The quantitative estimate of drug-likeness (QED) is 0.896. The Kier molecular flexibility index (Phi) is 3.89. The zero-order valence-corrected chi connectivity index (χ0v) is 10.9. The molecule has 94 valence electrons. The Morgan fingerprint density at radius 3 is 2.72 bits per heavy atom. The Morgan fingerprint density at radius 1 is 1.17 bits per heavy atom. The van der Waals surface area contributed by atoms with E-state index in [-0.39, 0.29) is 0 Å². The predicted molar refractivity (Wildman–Crippen MR) is 70.8 cm³/mol. The van der Waals surface area contributed by atoms with Gasteiger partial charge in [0.1, 0.15) is 11.6 Å². The summed E-state index contributed by atoms with van der Waals surface area (Å²) in [7, 11) is 1.92. The lowest BCUT2D eigenvalue weighted by molar-refractivity contribution is 0.458. The van der Waals surface area contributed by atoms with E-state index in [0.717, 1.165) is 23.8 Å². The van der Waals surface area contributed by atoms with Gasteiger partial charge in [-0.1, -0.05) is 12.1 Å². The summed E-state index contributed by atoms with van der Waals surface area (Å²) in [6, 6.07) is 9.79. The molecule has 4 heteroatoms. The number of rotatable bonds is 4. The molecule has 0 saturated heterocycles. The fraction of sp³-hybridized carbons (Fsp3) is 0.286. The van der Waals surface area contributed by atoms with E-state index in [1.807, 2.05) is 45.2 Å². The van der Waals surface area contributed by atoms with Gasteiger partial charge in [0, 0.05) is 18.3 Å². The summed E-state index contributed by atoms with van der Waals surface area (Å²) in [5, 5.41) is 3.11. The molecule has 1 N–H and O–H groups in total. The van der Waals surface area contributed by atoms with Crippen LogP contribution in [0.25, 0.3) is 0 Å². The maximum atomic E-state index is 5.75. The number of aryl methyl sites for hydroxylation is 2. The number of nitrogens with one attached hydrogen (secondary N) is 1. The van der Waals surface area contributed by atoms with Gasteiger partial charge in [-0.3, -0.25) is 0 Å². The smallest absolute Gasteiger partial charge is 0.222 e. The van der Waals surface area contributed by atoms with E-state index in [9.17, 15) is 0 Å². The van der Waals surface area contributed by atoms with Crippen LogP contribution in [0, 0.1) is 13.8 Å². The Hall–Kier alpha value is -1.94. The molecular formula is C14H17N3O. The van der Waals surface area contributed by atoms with Crippen LogP contribution < -0.4 is 10.1 Å². The van der Waals surface area contributed by atoms with Gasteiger partial charge in [-0.05, 0) is 38.6 Å². The maximum absolute atomic E-state index is 5.75. The normalized spacial score (nSPS) is 10.4. The SMILES string of the molecule is CNCc1cccc(Oc2cc(C)nc(C)n2)c1. The molecule has 0 radical (unpaired) electrons. The van der Waals surface area contributed by atoms with Crippen molar-refractivity contribution in [3.63, 3.8) is 0 Å². The van der Waals surface area contributed by atoms with E-state index in [1.165, 1.54) is 5.56 Å². The standard InChI is InChI=1S/C14H17N3O/c1-10-7-14(17-11(2)16-10)18-13-6-4-5-12(8-13)9-15-3/h4-8,15H,9H2,1-3H3. The van der Waals surface area contributed by atoms with Crippen LogP contribution >= 0.6 is 0 Å². The second-order valence-corrected chi connectivity index (χ2v) is 4.17. The molecule has 0 bridgehead atoms. The van der Waals surface area contributed by atoms with E-state index < -0.39 is 0 Å². The third-order valence-electron chi connectivity index (χ3n) is 2.44. The summed E-state index contributed by atoms with van der Waals surface area (Å²) in [5.41, 5.74) is 2.08. The van der Waals surface area contributed by atoms with E-state index in [1.54, 1.807) is 0 Å². The minimum absolute atomic E-state index is 0.585.